The predicted molar refractivity (Wildman–Crippen MR) is 54.4 cm³/mol. The molecule has 0 aromatic carbocycles. The first-order valence-corrected chi connectivity index (χ1v) is 4.32. The molecule has 0 spiro atoms. The van der Waals surface area contributed by atoms with Crippen molar-refractivity contribution in [3.63, 3.8) is 0 Å². The van der Waals surface area contributed by atoms with Crippen LogP contribution < -0.4 is 0 Å². The highest BCUT2D eigenvalue weighted by molar-refractivity contribution is 5.88. The molecule has 0 bridgehead atoms. The zero-order valence-corrected chi connectivity index (χ0v) is 8.83. The number of esters is 1. The first-order valence-electron chi connectivity index (χ1n) is 4.32. The van der Waals surface area contributed by atoms with Crippen LogP contribution in [0.15, 0.2) is 12.7 Å². The van der Waals surface area contributed by atoms with Gasteiger partial charge < -0.3 is 9.84 Å². The Bertz CT molecular complexity index is 268. The Morgan fingerprint density at radius 3 is 2.71 bits per heavy atom. The van der Waals surface area contributed by atoms with E-state index >= 15 is 0 Å². The van der Waals surface area contributed by atoms with Crippen LogP contribution in [0.3, 0.4) is 0 Å². The Balaban J connectivity index is 4.43. The SMILES string of the molecule is C=CCC(C)(C)C(O)C#CC(=O)OC. The molecule has 0 rings (SSSR count). The van der Waals surface area contributed by atoms with Crippen molar-refractivity contribution >= 4 is 5.97 Å². The second-order valence-corrected chi connectivity index (χ2v) is 3.64. The molecule has 0 amide bonds. The van der Waals surface area contributed by atoms with Crippen molar-refractivity contribution in [2.45, 2.75) is 26.4 Å². The Kier molecular flexibility index (Phi) is 4.96. The molecule has 0 heterocycles. The Morgan fingerprint density at radius 1 is 1.71 bits per heavy atom. The van der Waals surface area contributed by atoms with Crippen LogP contribution in [0.1, 0.15) is 20.3 Å². The molecule has 0 aliphatic rings. The molecule has 1 atom stereocenters. The fourth-order valence-electron chi connectivity index (χ4n) is 0.857. The van der Waals surface area contributed by atoms with E-state index in [-0.39, 0.29) is 0 Å². The van der Waals surface area contributed by atoms with Gasteiger partial charge in [0.25, 0.3) is 0 Å². The van der Waals surface area contributed by atoms with Crippen LogP contribution >= 0.6 is 0 Å². The van der Waals surface area contributed by atoms with Gasteiger partial charge in [0.1, 0.15) is 6.10 Å². The molecule has 3 nitrogen and oxygen atoms in total. The van der Waals surface area contributed by atoms with Gasteiger partial charge in [0.15, 0.2) is 0 Å². The average Bonchev–Trinajstić information content (AvgIpc) is 2.13. The lowest BCUT2D eigenvalue weighted by molar-refractivity contribution is -0.133. The van der Waals surface area contributed by atoms with Crippen molar-refractivity contribution in [1.29, 1.82) is 0 Å². The lowest BCUT2D eigenvalue weighted by atomic mass is 9.83. The Hall–Kier alpha value is -1.27. The number of rotatable bonds is 3. The summed E-state index contributed by atoms with van der Waals surface area (Å²) < 4.78 is 4.33. The molecule has 1 unspecified atom stereocenters. The standard InChI is InChI=1S/C11H16O3/c1-5-8-11(2,3)9(12)6-7-10(13)14-4/h5,9,12H,1,8H2,2-4H3. The summed E-state index contributed by atoms with van der Waals surface area (Å²) in [6.07, 6.45) is 1.48. The number of allylic oxidation sites excluding steroid dienone is 1. The topological polar surface area (TPSA) is 46.5 Å². The molecule has 0 radical (unpaired) electrons. The van der Waals surface area contributed by atoms with Crippen LogP contribution in [0.4, 0.5) is 0 Å². The molecule has 0 aliphatic carbocycles. The van der Waals surface area contributed by atoms with Crippen molar-refractivity contribution in [1.82, 2.24) is 0 Å². The van der Waals surface area contributed by atoms with E-state index in [1.54, 1.807) is 6.08 Å². The summed E-state index contributed by atoms with van der Waals surface area (Å²) in [4.78, 5) is 10.7. The van der Waals surface area contributed by atoms with Gasteiger partial charge >= 0.3 is 5.97 Å². The third kappa shape index (κ3) is 4.11. The van der Waals surface area contributed by atoms with Crippen LogP contribution in [-0.2, 0) is 9.53 Å². The minimum atomic E-state index is -0.861. The third-order valence-corrected chi connectivity index (χ3v) is 1.91. The van der Waals surface area contributed by atoms with Crippen molar-refractivity contribution in [2.75, 3.05) is 7.11 Å². The summed E-state index contributed by atoms with van der Waals surface area (Å²) in [7, 11) is 1.25. The van der Waals surface area contributed by atoms with E-state index < -0.39 is 17.5 Å². The van der Waals surface area contributed by atoms with Crippen molar-refractivity contribution in [3.05, 3.63) is 12.7 Å². The fourth-order valence-corrected chi connectivity index (χ4v) is 0.857. The number of aliphatic hydroxyl groups is 1. The van der Waals surface area contributed by atoms with Gasteiger partial charge in [0, 0.05) is 11.3 Å². The van der Waals surface area contributed by atoms with Gasteiger partial charge in [-0.1, -0.05) is 25.8 Å². The third-order valence-electron chi connectivity index (χ3n) is 1.91. The van der Waals surface area contributed by atoms with Crippen molar-refractivity contribution < 1.29 is 14.6 Å². The van der Waals surface area contributed by atoms with Crippen LogP contribution in [0.25, 0.3) is 0 Å². The highest BCUT2D eigenvalue weighted by Gasteiger charge is 2.24. The Labute approximate surface area is 84.8 Å². The van der Waals surface area contributed by atoms with Gasteiger partial charge in [0.05, 0.1) is 7.11 Å². The number of ether oxygens (including phenoxy) is 1. The first-order chi connectivity index (χ1) is 6.44. The minimum absolute atomic E-state index is 0.400. The number of hydrogen-bond acceptors (Lipinski definition) is 3. The molecule has 1 N–H and O–H groups in total. The normalized spacial score (nSPS) is 12.3. The second-order valence-electron chi connectivity index (χ2n) is 3.64. The lowest BCUT2D eigenvalue weighted by Crippen LogP contribution is -2.27. The maximum absolute atomic E-state index is 10.7. The molecule has 0 saturated carbocycles. The van der Waals surface area contributed by atoms with E-state index in [1.807, 2.05) is 13.8 Å². The van der Waals surface area contributed by atoms with E-state index in [0.717, 1.165) is 0 Å². The quantitative estimate of drug-likeness (QED) is 0.318. The number of carbonyl (C=O) groups excluding carboxylic acids is 1. The summed E-state index contributed by atoms with van der Waals surface area (Å²) in [6, 6.07) is 0. The molecule has 0 fully saturated rings. The molecule has 14 heavy (non-hydrogen) atoms. The second kappa shape index (κ2) is 5.46. The highest BCUT2D eigenvalue weighted by Crippen LogP contribution is 2.24. The molecule has 0 saturated heterocycles. The van der Waals surface area contributed by atoms with Crippen LogP contribution in [0.2, 0.25) is 0 Å². The number of methoxy groups -OCH3 is 1. The van der Waals surface area contributed by atoms with E-state index in [2.05, 4.69) is 23.2 Å². The van der Waals surface area contributed by atoms with Crippen molar-refractivity contribution in [2.24, 2.45) is 5.41 Å². The summed E-state index contributed by atoms with van der Waals surface area (Å²) in [5.74, 6) is 4.00. The monoisotopic (exact) mass is 196 g/mol. The molecule has 0 aliphatic heterocycles. The summed E-state index contributed by atoms with van der Waals surface area (Å²) in [6.45, 7) is 7.29. The van der Waals surface area contributed by atoms with E-state index in [0.29, 0.717) is 6.42 Å². The highest BCUT2D eigenvalue weighted by atomic mass is 16.5. The zero-order valence-electron chi connectivity index (χ0n) is 8.83. The molecule has 78 valence electrons. The zero-order chi connectivity index (χ0) is 11.2. The van der Waals surface area contributed by atoms with Gasteiger partial charge in [-0.05, 0) is 6.42 Å². The van der Waals surface area contributed by atoms with Gasteiger partial charge in [-0.3, -0.25) is 0 Å². The predicted octanol–water partition coefficient (Wildman–Crippen LogP) is 1.13. The maximum atomic E-state index is 10.7. The Morgan fingerprint density at radius 2 is 2.29 bits per heavy atom. The van der Waals surface area contributed by atoms with Gasteiger partial charge in [-0.25, -0.2) is 4.79 Å². The van der Waals surface area contributed by atoms with Crippen molar-refractivity contribution in [3.8, 4) is 11.8 Å². The summed E-state index contributed by atoms with van der Waals surface area (Å²) in [5.41, 5.74) is -0.400. The molecule has 0 aromatic heterocycles. The molecular formula is C11H16O3. The fraction of sp³-hybridized carbons (Fsp3) is 0.545. The molecule has 0 aromatic rings. The van der Waals surface area contributed by atoms with Crippen LogP contribution in [0.5, 0.6) is 0 Å². The number of hydrogen-bond donors (Lipinski definition) is 1. The smallest absolute Gasteiger partial charge is 0.384 e. The summed E-state index contributed by atoms with van der Waals surface area (Å²) in [5, 5.41) is 9.62. The molecular weight excluding hydrogens is 180 g/mol. The van der Waals surface area contributed by atoms with Crippen LogP contribution in [0, 0.1) is 17.3 Å². The first kappa shape index (κ1) is 12.7. The molecule has 3 heteroatoms. The van der Waals surface area contributed by atoms with Gasteiger partial charge in [-0.15, -0.1) is 6.58 Å². The number of carbonyl (C=O) groups is 1. The lowest BCUT2D eigenvalue weighted by Gasteiger charge is -2.25. The average molecular weight is 196 g/mol. The van der Waals surface area contributed by atoms with E-state index in [9.17, 15) is 9.90 Å². The van der Waals surface area contributed by atoms with Gasteiger partial charge in [-0.2, -0.15) is 0 Å². The van der Waals surface area contributed by atoms with E-state index in [1.165, 1.54) is 7.11 Å². The largest absolute Gasteiger partial charge is 0.459 e. The maximum Gasteiger partial charge on any atom is 0.384 e. The summed E-state index contributed by atoms with van der Waals surface area (Å²) >= 11 is 0. The van der Waals surface area contributed by atoms with Gasteiger partial charge in [0.2, 0.25) is 0 Å². The van der Waals surface area contributed by atoms with E-state index in [4.69, 9.17) is 0 Å². The minimum Gasteiger partial charge on any atom is -0.459 e. The number of aliphatic hydroxyl groups excluding tert-OH is 1. The van der Waals surface area contributed by atoms with Crippen LogP contribution in [-0.4, -0.2) is 24.3 Å².